The predicted molar refractivity (Wildman–Crippen MR) is 71.6 cm³/mol. The van der Waals surface area contributed by atoms with Gasteiger partial charge in [0, 0.05) is 11.1 Å². The molecule has 0 spiro atoms. The summed E-state index contributed by atoms with van der Waals surface area (Å²) in [4.78, 5) is 0. The van der Waals surface area contributed by atoms with Gasteiger partial charge in [-0.15, -0.1) is 0 Å². The highest BCUT2D eigenvalue weighted by atomic mass is 35.5. The van der Waals surface area contributed by atoms with E-state index < -0.39 is 10.0 Å². The maximum absolute atomic E-state index is 11.9. The molecular formula is C12H18ClNO2S. The van der Waals surface area contributed by atoms with Gasteiger partial charge in [0.15, 0.2) is 0 Å². The molecule has 1 aromatic rings. The molecule has 0 heterocycles. The number of rotatable bonds is 6. The Balaban J connectivity index is 2.77. The van der Waals surface area contributed by atoms with Crippen molar-refractivity contribution >= 4 is 21.6 Å². The zero-order chi connectivity index (χ0) is 12.9. The molecule has 0 unspecified atom stereocenters. The first-order chi connectivity index (χ1) is 7.98. The van der Waals surface area contributed by atoms with Crippen LogP contribution in [0.2, 0.25) is 5.02 Å². The lowest BCUT2D eigenvalue weighted by molar-refractivity contribution is 0.529. The summed E-state index contributed by atoms with van der Waals surface area (Å²) < 4.78 is 26.5. The van der Waals surface area contributed by atoms with E-state index in [1.165, 1.54) is 0 Å². The lowest BCUT2D eigenvalue weighted by Gasteiger charge is -2.15. The highest BCUT2D eigenvalue weighted by Gasteiger charge is 2.17. The van der Waals surface area contributed by atoms with Crippen LogP contribution >= 0.6 is 11.6 Å². The largest absolute Gasteiger partial charge is 0.216 e. The zero-order valence-electron chi connectivity index (χ0n) is 10.1. The van der Waals surface area contributed by atoms with E-state index in [1.54, 1.807) is 24.3 Å². The third-order valence-corrected chi connectivity index (χ3v) is 4.39. The lowest BCUT2D eigenvalue weighted by atomic mass is 10.2. The molecule has 0 fully saturated rings. The minimum Gasteiger partial charge on any atom is -0.212 e. The summed E-state index contributed by atoms with van der Waals surface area (Å²) in [6, 6.07) is 7.00. The Morgan fingerprint density at radius 3 is 2.35 bits per heavy atom. The fraction of sp³-hybridized carbons (Fsp3) is 0.500. The van der Waals surface area contributed by atoms with Crippen molar-refractivity contribution < 1.29 is 8.42 Å². The third-order valence-electron chi connectivity index (χ3n) is 2.64. The number of nitrogens with one attached hydrogen (secondary N) is 1. The second-order valence-electron chi connectivity index (χ2n) is 3.98. The molecule has 3 nitrogen and oxygen atoms in total. The zero-order valence-corrected chi connectivity index (χ0v) is 11.7. The molecule has 0 saturated carbocycles. The summed E-state index contributed by atoms with van der Waals surface area (Å²) in [6.07, 6.45) is 1.58. The summed E-state index contributed by atoms with van der Waals surface area (Å²) in [7, 11) is -3.32. The minimum atomic E-state index is -3.32. The average Bonchev–Trinajstić information content (AvgIpc) is 2.29. The summed E-state index contributed by atoms with van der Waals surface area (Å²) in [6.45, 7) is 3.93. The van der Waals surface area contributed by atoms with Crippen molar-refractivity contribution in [3.8, 4) is 0 Å². The molecule has 1 rings (SSSR count). The maximum Gasteiger partial charge on any atom is 0.216 e. The van der Waals surface area contributed by atoms with E-state index in [2.05, 4.69) is 4.72 Å². The molecule has 0 aromatic heterocycles. The highest BCUT2D eigenvalue weighted by Crippen LogP contribution is 2.17. The Labute approximate surface area is 108 Å². The molecule has 0 aliphatic carbocycles. The summed E-state index contributed by atoms with van der Waals surface area (Å²) in [5.41, 5.74) is 0.632. The Hall–Kier alpha value is -0.580. The van der Waals surface area contributed by atoms with Gasteiger partial charge in [-0.2, -0.15) is 0 Å². The number of halogens is 1. The van der Waals surface area contributed by atoms with Crippen LogP contribution in [-0.4, -0.2) is 14.5 Å². The fourth-order valence-electron chi connectivity index (χ4n) is 1.57. The summed E-state index contributed by atoms with van der Waals surface area (Å²) in [5, 5.41) is 0.488. The summed E-state index contributed by atoms with van der Waals surface area (Å²) >= 11 is 5.94. The highest BCUT2D eigenvalue weighted by molar-refractivity contribution is 7.88. The van der Waals surface area contributed by atoms with E-state index >= 15 is 0 Å². The van der Waals surface area contributed by atoms with Gasteiger partial charge in [0.1, 0.15) is 0 Å². The number of hydrogen-bond donors (Lipinski definition) is 1. The van der Waals surface area contributed by atoms with Crippen LogP contribution in [0.5, 0.6) is 0 Å². The third kappa shape index (κ3) is 4.66. The number of hydrogen-bond acceptors (Lipinski definition) is 2. The molecule has 5 heteroatoms. The molecule has 17 heavy (non-hydrogen) atoms. The first kappa shape index (κ1) is 14.5. The van der Waals surface area contributed by atoms with E-state index in [9.17, 15) is 8.42 Å². The van der Waals surface area contributed by atoms with Gasteiger partial charge in [-0.25, -0.2) is 13.1 Å². The Morgan fingerprint density at radius 2 is 1.82 bits per heavy atom. The van der Waals surface area contributed by atoms with E-state index in [-0.39, 0.29) is 11.8 Å². The van der Waals surface area contributed by atoms with E-state index in [4.69, 9.17) is 11.6 Å². The van der Waals surface area contributed by atoms with Crippen LogP contribution in [0, 0.1) is 0 Å². The van der Waals surface area contributed by atoms with E-state index in [1.807, 2.05) is 13.8 Å². The topological polar surface area (TPSA) is 46.2 Å². The molecule has 96 valence electrons. The standard InChI is InChI=1S/C12H18ClNO2S/c1-3-11(4-2)14-17(15,16)9-10-7-5-6-8-12(10)13/h5-8,11,14H,3-4,9H2,1-2H3. The van der Waals surface area contributed by atoms with Crippen LogP contribution in [0.4, 0.5) is 0 Å². The fourth-order valence-corrected chi connectivity index (χ4v) is 3.44. The molecule has 0 aliphatic rings. The molecule has 1 aromatic carbocycles. The first-order valence-corrected chi connectivity index (χ1v) is 7.75. The SMILES string of the molecule is CCC(CC)NS(=O)(=O)Cc1ccccc1Cl. The van der Waals surface area contributed by atoms with Gasteiger partial charge < -0.3 is 0 Å². The maximum atomic E-state index is 11.9. The van der Waals surface area contributed by atoms with Crippen molar-refractivity contribution in [3.63, 3.8) is 0 Å². The Bertz CT molecular complexity index is 455. The average molecular weight is 276 g/mol. The second kappa shape index (κ2) is 6.38. The minimum absolute atomic E-state index is 0.00230. The number of sulfonamides is 1. The molecule has 0 radical (unpaired) electrons. The monoisotopic (exact) mass is 275 g/mol. The van der Waals surface area contributed by atoms with Gasteiger partial charge in [0.2, 0.25) is 10.0 Å². The van der Waals surface area contributed by atoms with Crippen molar-refractivity contribution in [3.05, 3.63) is 34.9 Å². The van der Waals surface area contributed by atoms with Gasteiger partial charge in [-0.05, 0) is 24.5 Å². The van der Waals surface area contributed by atoms with Crippen molar-refractivity contribution in [1.82, 2.24) is 4.72 Å². The lowest BCUT2D eigenvalue weighted by Crippen LogP contribution is -2.34. The second-order valence-corrected chi connectivity index (χ2v) is 6.14. The molecule has 1 N–H and O–H groups in total. The van der Waals surface area contributed by atoms with Gasteiger partial charge in [-0.3, -0.25) is 0 Å². The van der Waals surface area contributed by atoms with Crippen LogP contribution in [-0.2, 0) is 15.8 Å². The molecule has 0 bridgehead atoms. The normalized spacial score (nSPS) is 12.0. The summed E-state index contributed by atoms with van der Waals surface area (Å²) in [5.74, 6) is -0.0663. The van der Waals surface area contributed by atoms with Gasteiger partial charge >= 0.3 is 0 Å². The van der Waals surface area contributed by atoms with E-state index in [0.29, 0.717) is 10.6 Å². The molecule has 0 saturated heterocycles. The molecule has 0 aliphatic heterocycles. The quantitative estimate of drug-likeness (QED) is 0.868. The van der Waals surface area contributed by atoms with Crippen molar-refractivity contribution in [2.24, 2.45) is 0 Å². The van der Waals surface area contributed by atoms with Gasteiger partial charge in [0.25, 0.3) is 0 Å². The van der Waals surface area contributed by atoms with Crippen LogP contribution < -0.4 is 4.72 Å². The van der Waals surface area contributed by atoms with Crippen LogP contribution in [0.25, 0.3) is 0 Å². The van der Waals surface area contributed by atoms with Crippen molar-refractivity contribution in [2.45, 2.75) is 38.5 Å². The van der Waals surface area contributed by atoms with Crippen LogP contribution in [0.1, 0.15) is 32.3 Å². The Kier molecular flexibility index (Phi) is 5.43. The van der Waals surface area contributed by atoms with Crippen molar-refractivity contribution in [1.29, 1.82) is 0 Å². The van der Waals surface area contributed by atoms with Gasteiger partial charge in [0.05, 0.1) is 5.75 Å². The van der Waals surface area contributed by atoms with Gasteiger partial charge in [-0.1, -0.05) is 43.6 Å². The number of benzene rings is 1. The smallest absolute Gasteiger partial charge is 0.212 e. The Morgan fingerprint density at radius 1 is 1.24 bits per heavy atom. The molecular weight excluding hydrogens is 258 g/mol. The van der Waals surface area contributed by atoms with Crippen LogP contribution in [0.15, 0.2) is 24.3 Å². The van der Waals surface area contributed by atoms with E-state index in [0.717, 1.165) is 12.8 Å². The first-order valence-electron chi connectivity index (χ1n) is 5.72. The predicted octanol–water partition coefficient (Wildman–Crippen LogP) is 2.95. The van der Waals surface area contributed by atoms with Crippen LogP contribution in [0.3, 0.4) is 0 Å². The molecule has 0 amide bonds. The van der Waals surface area contributed by atoms with Crippen molar-refractivity contribution in [2.75, 3.05) is 0 Å². The molecule has 0 atom stereocenters.